The first-order valence-electron chi connectivity index (χ1n) is 7.84. The summed E-state index contributed by atoms with van der Waals surface area (Å²) in [5, 5.41) is 3.73. The third-order valence-electron chi connectivity index (χ3n) is 4.23. The van der Waals surface area contributed by atoms with Crippen molar-refractivity contribution in [3.8, 4) is 11.3 Å². The first kappa shape index (κ1) is 16.0. The minimum Gasteiger partial charge on any atom is -0.349 e. The highest BCUT2D eigenvalue weighted by atomic mass is 35.5. The fraction of sp³-hybridized carbons (Fsp3) is 0.333. The van der Waals surface area contributed by atoms with E-state index in [1.807, 2.05) is 30.3 Å². The van der Waals surface area contributed by atoms with Gasteiger partial charge in [-0.1, -0.05) is 23.7 Å². The van der Waals surface area contributed by atoms with E-state index in [0.29, 0.717) is 10.6 Å². The number of pyridine rings is 1. The Balaban J connectivity index is 1.67. The third-order valence-corrected chi connectivity index (χ3v) is 4.54. The number of hydrogen-bond acceptors (Lipinski definition) is 3. The van der Waals surface area contributed by atoms with Crippen LogP contribution in [0.25, 0.3) is 11.3 Å². The molecule has 0 radical (unpaired) electrons. The quantitative estimate of drug-likeness (QED) is 0.940. The Labute approximate surface area is 141 Å². The smallest absolute Gasteiger partial charge is 0.251 e. The van der Waals surface area contributed by atoms with Gasteiger partial charge in [0.1, 0.15) is 0 Å². The molecule has 2 heterocycles. The molecule has 0 bridgehead atoms. The molecule has 1 aromatic heterocycles. The standard InChI is InChI=1S/C18H20ClN3O/c1-22-11-8-15(9-12-22)21-18(23)14-6-4-13(5-7-14)17-16(19)3-2-10-20-17/h2-7,10,15H,8-9,11-12H2,1H3,(H,21,23). The van der Waals surface area contributed by atoms with Gasteiger partial charge in [0, 0.05) is 23.4 Å². The summed E-state index contributed by atoms with van der Waals surface area (Å²) in [6.07, 6.45) is 3.72. The van der Waals surface area contributed by atoms with Crippen molar-refractivity contribution in [2.75, 3.05) is 20.1 Å². The number of aromatic nitrogens is 1. The molecule has 1 aliphatic heterocycles. The van der Waals surface area contributed by atoms with E-state index in [0.717, 1.165) is 37.2 Å². The lowest BCUT2D eigenvalue weighted by Gasteiger charge is -2.29. The summed E-state index contributed by atoms with van der Waals surface area (Å²) in [4.78, 5) is 18.9. The Hall–Kier alpha value is -1.91. The monoisotopic (exact) mass is 329 g/mol. The van der Waals surface area contributed by atoms with E-state index >= 15 is 0 Å². The maximum Gasteiger partial charge on any atom is 0.251 e. The number of carbonyl (C=O) groups is 1. The van der Waals surface area contributed by atoms with Gasteiger partial charge in [-0.3, -0.25) is 9.78 Å². The van der Waals surface area contributed by atoms with E-state index in [9.17, 15) is 4.79 Å². The molecule has 0 saturated carbocycles. The van der Waals surface area contributed by atoms with E-state index < -0.39 is 0 Å². The molecular weight excluding hydrogens is 310 g/mol. The van der Waals surface area contributed by atoms with Crippen molar-refractivity contribution in [3.63, 3.8) is 0 Å². The summed E-state index contributed by atoms with van der Waals surface area (Å²) < 4.78 is 0. The van der Waals surface area contributed by atoms with Crippen LogP contribution in [0.3, 0.4) is 0 Å². The van der Waals surface area contributed by atoms with Gasteiger partial charge in [-0.15, -0.1) is 0 Å². The number of halogens is 1. The summed E-state index contributed by atoms with van der Waals surface area (Å²) in [5.74, 6) is -0.0155. The molecule has 1 amide bonds. The molecule has 1 fully saturated rings. The molecular formula is C18H20ClN3O. The van der Waals surface area contributed by atoms with Crippen molar-refractivity contribution in [1.82, 2.24) is 15.2 Å². The van der Waals surface area contributed by atoms with Crippen molar-refractivity contribution in [3.05, 3.63) is 53.2 Å². The highest BCUT2D eigenvalue weighted by Crippen LogP contribution is 2.25. The first-order valence-corrected chi connectivity index (χ1v) is 8.21. The van der Waals surface area contributed by atoms with Gasteiger partial charge in [-0.05, 0) is 57.2 Å². The SMILES string of the molecule is CN1CCC(NC(=O)c2ccc(-c3ncccc3Cl)cc2)CC1. The van der Waals surface area contributed by atoms with Gasteiger partial charge < -0.3 is 10.2 Å². The van der Waals surface area contributed by atoms with Crippen molar-refractivity contribution >= 4 is 17.5 Å². The second-order valence-electron chi connectivity index (χ2n) is 5.96. The number of piperidine rings is 1. The average molecular weight is 330 g/mol. The topological polar surface area (TPSA) is 45.2 Å². The lowest BCUT2D eigenvalue weighted by atomic mass is 10.0. The minimum atomic E-state index is -0.0155. The zero-order valence-corrected chi connectivity index (χ0v) is 13.9. The second kappa shape index (κ2) is 7.11. The zero-order valence-electron chi connectivity index (χ0n) is 13.1. The molecule has 1 N–H and O–H groups in total. The highest BCUT2D eigenvalue weighted by molar-refractivity contribution is 6.33. The van der Waals surface area contributed by atoms with Crippen molar-refractivity contribution in [2.45, 2.75) is 18.9 Å². The number of amides is 1. The Morgan fingerprint density at radius 1 is 1.22 bits per heavy atom. The lowest BCUT2D eigenvalue weighted by Crippen LogP contribution is -2.43. The number of rotatable bonds is 3. The Morgan fingerprint density at radius 3 is 2.57 bits per heavy atom. The Bertz CT molecular complexity index is 679. The summed E-state index contributed by atoms with van der Waals surface area (Å²) in [7, 11) is 2.11. The largest absolute Gasteiger partial charge is 0.349 e. The molecule has 0 atom stereocenters. The Kier molecular flexibility index (Phi) is 4.94. The van der Waals surface area contributed by atoms with Crippen molar-refractivity contribution in [1.29, 1.82) is 0 Å². The van der Waals surface area contributed by atoms with Gasteiger partial charge in [0.15, 0.2) is 0 Å². The van der Waals surface area contributed by atoms with Gasteiger partial charge in [0.05, 0.1) is 10.7 Å². The third kappa shape index (κ3) is 3.89. The number of carbonyl (C=O) groups excluding carboxylic acids is 1. The molecule has 5 heteroatoms. The maximum atomic E-state index is 12.3. The van der Waals surface area contributed by atoms with Gasteiger partial charge in [0.2, 0.25) is 0 Å². The molecule has 1 aliphatic rings. The van der Waals surface area contributed by atoms with E-state index in [-0.39, 0.29) is 11.9 Å². The fourth-order valence-electron chi connectivity index (χ4n) is 2.80. The van der Waals surface area contributed by atoms with E-state index in [1.54, 1.807) is 12.3 Å². The Morgan fingerprint density at radius 2 is 1.91 bits per heavy atom. The van der Waals surface area contributed by atoms with Crippen LogP contribution in [0.2, 0.25) is 5.02 Å². The molecule has 0 unspecified atom stereocenters. The summed E-state index contributed by atoms with van der Waals surface area (Å²) in [6, 6.07) is 11.3. The van der Waals surface area contributed by atoms with E-state index in [4.69, 9.17) is 11.6 Å². The first-order chi connectivity index (χ1) is 11.1. The van der Waals surface area contributed by atoms with Crippen LogP contribution in [0, 0.1) is 0 Å². The number of likely N-dealkylation sites (tertiary alicyclic amines) is 1. The molecule has 2 aromatic rings. The van der Waals surface area contributed by atoms with Crippen LogP contribution >= 0.6 is 11.6 Å². The summed E-state index contributed by atoms with van der Waals surface area (Å²) >= 11 is 6.16. The van der Waals surface area contributed by atoms with Gasteiger partial charge in [0.25, 0.3) is 5.91 Å². The van der Waals surface area contributed by atoms with Crippen LogP contribution in [0.5, 0.6) is 0 Å². The van der Waals surface area contributed by atoms with Gasteiger partial charge in [-0.2, -0.15) is 0 Å². The van der Waals surface area contributed by atoms with Crippen LogP contribution in [0.4, 0.5) is 0 Å². The average Bonchev–Trinajstić information content (AvgIpc) is 2.57. The number of nitrogens with one attached hydrogen (secondary N) is 1. The van der Waals surface area contributed by atoms with Crippen LogP contribution in [-0.4, -0.2) is 42.0 Å². The second-order valence-corrected chi connectivity index (χ2v) is 6.37. The molecule has 120 valence electrons. The fourth-order valence-corrected chi connectivity index (χ4v) is 3.03. The van der Waals surface area contributed by atoms with Crippen molar-refractivity contribution in [2.24, 2.45) is 0 Å². The molecule has 3 rings (SSSR count). The zero-order chi connectivity index (χ0) is 16.2. The molecule has 0 aliphatic carbocycles. The van der Waals surface area contributed by atoms with Crippen molar-refractivity contribution < 1.29 is 4.79 Å². The van der Waals surface area contributed by atoms with Crippen LogP contribution in [0.1, 0.15) is 23.2 Å². The predicted octanol–water partition coefficient (Wildman–Crippen LogP) is 3.23. The summed E-state index contributed by atoms with van der Waals surface area (Å²) in [6.45, 7) is 2.06. The van der Waals surface area contributed by atoms with Gasteiger partial charge >= 0.3 is 0 Å². The number of hydrogen-bond donors (Lipinski definition) is 1. The van der Waals surface area contributed by atoms with Crippen LogP contribution in [-0.2, 0) is 0 Å². The lowest BCUT2D eigenvalue weighted by molar-refractivity contribution is 0.0917. The number of benzene rings is 1. The van der Waals surface area contributed by atoms with E-state index in [1.165, 1.54) is 0 Å². The summed E-state index contributed by atoms with van der Waals surface area (Å²) in [5.41, 5.74) is 2.31. The predicted molar refractivity (Wildman–Crippen MR) is 92.7 cm³/mol. The normalized spacial score (nSPS) is 16.3. The molecule has 23 heavy (non-hydrogen) atoms. The molecule has 1 saturated heterocycles. The molecule has 1 aromatic carbocycles. The van der Waals surface area contributed by atoms with E-state index in [2.05, 4.69) is 22.2 Å². The van der Waals surface area contributed by atoms with Gasteiger partial charge in [-0.25, -0.2) is 0 Å². The highest BCUT2D eigenvalue weighted by Gasteiger charge is 2.19. The number of nitrogens with zero attached hydrogens (tertiary/aromatic N) is 2. The molecule has 4 nitrogen and oxygen atoms in total. The minimum absolute atomic E-state index is 0.0155. The molecule has 0 spiro atoms. The van der Waals surface area contributed by atoms with Crippen LogP contribution in [0.15, 0.2) is 42.6 Å². The van der Waals surface area contributed by atoms with Crippen LogP contribution < -0.4 is 5.32 Å². The maximum absolute atomic E-state index is 12.3.